The van der Waals surface area contributed by atoms with Gasteiger partial charge in [-0.25, -0.2) is 0 Å². The Morgan fingerprint density at radius 2 is 1.44 bits per heavy atom. The van der Waals surface area contributed by atoms with E-state index in [0.29, 0.717) is 12.2 Å². The van der Waals surface area contributed by atoms with Crippen LogP contribution in [-0.4, -0.2) is 31.6 Å². The highest BCUT2D eigenvalue weighted by molar-refractivity contribution is 14.1. The molecule has 0 N–H and O–H groups in total. The maximum absolute atomic E-state index is 6.87. The lowest BCUT2D eigenvalue weighted by Gasteiger charge is -2.43. The van der Waals surface area contributed by atoms with Crippen molar-refractivity contribution in [3.05, 3.63) is 60.7 Å². The van der Waals surface area contributed by atoms with Gasteiger partial charge in [0.05, 0.1) is 12.2 Å². The molecular weight excluding hydrogens is 439 g/mol. The van der Waals surface area contributed by atoms with Crippen LogP contribution in [0.1, 0.15) is 27.2 Å². The van der Waals surface area contributed by atoms with Gasteiger partial charge in [-0.05, 0) is 21.8 Å². The molecule has 0 unspecified atom stereocenters. The highest BCUT2D eigenvalue weighted by atomic mass is 127. The van der Waals surface area contributed by atoms with Gasteiger partial charge in [0, 0.05) is 11.0 Å². The predicted octanol–water partition coefficient (Wildman–Crippen LogP) is 4.16. The van der Waals surface area contributed by atoms with E-state index in [4.69, 9.17) is 9.16 Å². The van der Waals surface area contributed by atoms with E-state index in [2.05, 4.69) is 104 Å². The molecule has 0 amide bonds. The van der Waals surface area contributed by atoms with Crippen molar-refractivity contribution in [3.8, 4) is 0 Å². The average Bonchev–Trinajstić information content (AvgIpc) is 3.38. The Labute approximate surface area is 166 Å². The fourth-order valence-electron chi connectivity index (χ4n) is 3.66. The van der Waals surface area contributed by atoms with E-state index in [1.807, 2.05) is 0 Å². The van der Waals surface area contributed by atoms with Crippen molar-refractivity contribution in [2.75, 3.05) is 11.0 Å². The third-order valence-corrected chi connectivity index (χ3v) is 10.9. The minimum absolute atomic E-state index is 0.0444. The lowest BCUT2D eigenvalue weighted by molar-refractivity contribution is 0.267. The van der Waals surface area contributed by atoms with Crippen LogP contribution in [0.3, 0.4) is 0 Å². The first-order valence-electron chi connectivity index (χ1n) is 8.95. The molecule has 2 aromatic carbocycles. The number of hydrogen-bond acceptors (Lipinski definition) is 2. The molecule has 2 atom stereocenters. The van der Waals surface area contributed by atoms with Crippen LogP contribution in [0.5, 0.6) is 0 Å². The summed E-state index contributed by atoms with van der Waals surface area (Å²) in [5.41, 5.74) is 0. The van der Waals surface area contributed by atoms with E-state index in [9.17, 15) is 0 Å². The molecule has 3 rings (SSSR count). The molecule has 0 aliphatic carbocycles. The standard InChI is InChI=1S/C21H27IO2Si/c1-21(2,3)25(17-10-6-4-7-11-17,18-12-8-5-9-13-18)23-15-14-19-20(16-22)24-19/h4-13,19-20H,14-16H2,1-3H3/t19-,20-/m0/s1. The topological polar surface area (TPSA) is 21.8 Å². The summed E-state index contributed by atoms with van der Waals surface area (Å²) in [6, 6.07) is 21.7. The molecule has 25 heavy (non-hydrogen) atoms. The van der Waals surface area contributed by atoms with Gasteiger partial charge in [0.25, 0.3) is 8.32 Å². The summed E-state index contributed by atoms with van der Waals surface area (Å²) >= 11 is 2.40. The van der Waals surface area contributed by atoms with Crippen molar-refractivity contribution in [2.45, 2.75) is 44.4 Å². The number of ether oxygens (including phenoxy) is 1. The summed E-state index contributed by atoms with van der Waals surface area (Å²) in [6.07, 6.45) is 1.80. The van der Waals surface area contributed by atoms with E-state index in [1.54, 1.807) is 0 Å². The molecule has 0 bridgehead atoms. The molecule has 1 saturated heterocycles. The highest BCUT2D eigenvalue weighted by Crippen LogP contribution is 2.37. The average molecular weight is 466 g/mol. The quantitative estimate of drug-likeness (QED) is 0.265. The van der Waals surface area contributed by atoms with E-state index in [0.717, 1.165) is 17.5 Å². The van der Waals surface area contributed by atoms with E-state index >= 15 is 0 Å². The molecular formula is C21H27IO2Si. The number of hydrogen-bond donors (Lipinski definition) is 0. The van der Waals surface area contributed by atoms with Crippen molar-refractivity contribution in [2.24, 2.45) is 0 Å². The highest BCUT2D eigenvalue weighted by Gasteiger charge is 2.50. The largest absolute Gasteiger partial charge is 0.407 e. The first-order chi connectivity index (χ1) is 12.0. The molecule has 134 valence electrons. The van der Waals surface area contributed by atoms with E-state index in [1.165, 1.54) is 10.4 Å². The Balaban J connectivity index is 1.94. The van der Waals surface area contributed by atoms with Gasteiger partial charge in [0.1, 0.15) is 0 Å². The molecule has 2 nitrogen and oxygen atoms in total. The SMILES string of the molecule is CC(C)(C)[Si](OCC[C@@H]1O[C@H]1CI)(c1ccccc1)c1ccccc1. The molecule has 1 fully saturated rings. The Morgan fingerprint density at radius 1 is 0.920 bits per heavy atom. The molecule has 0 aromatic heterocycles. The van der Waals surface area contributed by atoms with E-state index < -0.39 is 8.32 Å². The summed E-state index contributed by atoms with van der Waals surface area (Å²) in [5.74, 6) is 0. The van der Waals surface area contributed by atoms with Gasteiger partial charge in [-0.1, -0.05) is 104 Å². The first kappa shape index (κ1) is 19.1. The van der Waals surface area contributed by atoms with Gasteiger partial charge in [-0.15, -0.1) is 0 Å². The number of epoxide rings is 1. The Hall–Kier alpha value is -0.693. The van der Waals surface area contributed by atoms with Crippen LogP contribution in [-0.2, 0) is 9.16 Å². The zero-order chi connectivity index (χ0) is 17.9. The molecule has 1 aliphatic heterocycles. The summed E-state index contributed by atoms with van der Waals surface area (Å²) in [4.78, 5) is 0. The van der Waals surface area contributed by atoms with E-state index in [-0.39, 0.29) is 5.04 Å². The molecule has 0 spiro atoms. The van der Waals surface area contributed by atoms with Crippen LogP contribution >= 0.6 is 22.6 Å². The summed E-state index contributed by atoms with van der Waals surface area (Å²) < 4.78 is 13.6. The van der Waals surface area contributed by atoms with Crippen LogP contribution in [0.15, 0.2) is 60.7 Å². The van der Waals surface area contributed by atoms with Gasteiger partial charge in [-0.2, -0.15) is 0 Å². The van der Waals surface area contributed by atoms with Gasteiger partial charge >= 0.3 is 0 Å². The van der Waals surface area contributed by atoms with Gasteiger partial charge in [0.15, 0.2) is 0 Å². The maximum atomic E-state index is 6.87. The van der Waals surface area contributed by atoms with Crippen molar-refractivity contribution in [1.82, 2.24) is 0 Å². The minimum Gasteiger partial charge on any atom is -0.407 e. The minimum atomic E-state index is -2.38. The number of alkyl halides is 1. The van der Waals surface area contributed by atoms with Gasteiger partial charge in [-0.3, -0.25) is 0 Å². The molecule has 0 radical (unpaired) electrons. The fourth-order valence-corrected chi connectivity index (χ4v) is 9.01. The van der Waals surface area contributed by atoms with Gasteiger partial charge < -0.3 is 9.16 Å². The molecule has 4 heteroatoms. The lowest BCUT2D eigenvalue weighted by atomic mass is 10.2. The van der Waals surface area contributed by atoms with Crippen molar-refractivity contribution < 1.29 is 9.16 Å². The Kier molecular flexibility index (Phi) is 6.03. The van der Waals surface area contributed by atoms with Gasteiger partial charge in [0.2, 0.25) is 0 Å². The monoisotopic (exact) mass is 466 g/mol. The Morgan fingerprint density at radius 3 is 1.84 bits per heavy atom. The predicted molar refractivity (Wildman–Crippen MR) is 116 cm³/mol. The number of benzene rings is 2. The van der Waals surface area contributed by atoms with Crippen molar-refractivity contribution in [3.63, 3.8) is 0 Å². The number of halogens is 1. The second-order valence-electron chi connectivity index (χ2n) is 7.67. The summed E-state index contributed by atoms with van der Waals surface area (Å²) in [7, 11) is -2.38. The van der Waals surface area contributed by atoms with Crippen LogP contribution in [0.25, 0.3) is 0 Å². The zero-order valence-electron chi connectivity index (χ0n) is 15.2. The second kappa shape index (κ2) is 7.90. The summed E-state index contributed by atoms with van der Waals surface area (Å²) in [6.45, 7) is 7.71. The molecule has 1 aliphatic rings. The molecule has 2 aromatic rings. The normalized spacial score (nSPS) is 20.5. The van der Waals surface area contributed by atoms with Crippen LogP contribution < -0.4 is 10.4 Å². The van der Waals surface area contributed by atoms with Crippen LogP contribution in [0, 0.1) is 0 Å². The second-order valence-corrected chi connectivity index (χ2v) is 12.9. The first-order valence-corrected chi connectivity index (χ1v) is 12.4. The molecule has 1 heterocycles. The van der Waals surface area contributed by atoms with Crippen LogP contribution in [0.2, 0.25) is 5.04 Å². The zero-order valence-corrected chi connectivity index (χ0v) is 18.4. The third kappa shape index (κ3) is 4.02. The van der Waals surface area contributed by atoms with Crippen molar-refractivity contribution in [1.29, 1.82) is 0 Å². The third-order valence-electron chi connectivity index (χ3n) is 4.98. The molecule has 0 saturated carbocycles. The number of rotatable bonds is 7. The summed E-state index contributed by atoms with van der Waals surface area (Å²) in [5, 5.41) is 2.73. The lowest BCUT2D eigenvalue weighted by Crippen LogP contribution is -2.66. The fraction of sp³-hybridized carbons (Fsp3) is 0.429. The van der Waals surface area contributed by atoms with Crippen molar-refractivity contribution >= 4 is 41.3 Å². The van der Waals surface area contributed by atoms with Crippen LogP contribution in [0.4, 0.5) is 0 Å². The maximum Gasteiger partial charge on any atom is 0.261 e. The smallest absolute Gasteiger partial charge is 0.261 e. The Bertz CT molecular complexity index is 630.